The molecule has 0 aliphatic rings. The first-order valence-electron chi connectivity index (χ1n) is 6.56. The van der Waals surface area contributed by atoms with Crippen LogP contribution in [0.1, 0.15) is 18.1 Å². The van der Waals surface area contributed by atoms with Crippen molar-refractivity contribution in [3.63, 3.8) is 0 Å². The Kier molecular flexibility index (Phi) is 4.88. The van der Waals surface area contributed by atoms with Crippen molar-refractivity contribution in [1.29, 1.82) is 0 Å². The van der Waals surface area contributed by atoms with Crippen LogP contribution in [0.4, 0.5) is 5.69 Å². The van der Waals surface area contributed by atoms with Crippen LogP contribution in [-0.2, 0) is 23.0 Å². The highest BCUT2D eigenvalue weighted by molar-refractivity contribution is 7.92. The fraction of sp³-hybridized carbons (Fsp3) is 0.200. The van der Waals surface area contributed by atoms with Crippen molar-refractivity contribution in [3.05, 3.63) is 58.6 Å². The highest BCUT2D eigenvalue weighted by Crippen LogP contribution is 2.22. The molecule has 2 aromatic carbocycles. The smallest absolute Gasteiger partial charge is 0.262 e. The van der Waals surface area contributed by atoms with Crippen molar-refractivity contribution >= 4 is 27.3 Å². The molecule has 0 spiro atoms. The van der Waals surface area contributed by atoms with Gasteiger partial charge >= 0.3 is 0 Å². The minimum absolute atomic E-state index is 0.267. The summed E-state index contributed by atoms with van der Waals surface area (Å²) in [6, 6.07) is 11.8. The van der Waals surface area contributed by atoms with Gasteiger partial charge in [0.2, 0.25) is 0 Å². The van der Waals surface area contributed by atoms with Gasteiger partial charge in [0, 0.05) is 17.3 Å². The summed E-state index contributed by atoms with van der Waals surface area (Å²) < 4.78 is 27.7. The van der Waals surface area contributed by atoms with Gasteiger partial charge < -0.3 is 5.73 Å². The van der Waals surface area contributed by atoms with E-state index in [-0.39, 0.29) is 4.90 Å². The number of hydrogen-bond acceptors (Lipinski definition) is 3. The lowest BCUT2D eigenvalue weighted by atomic mass is 10.1. The van der Waals surface area contributed by atoms with Crippen molar-refractivity contribution in [3.8, 4) is 0 Å². The number of sulfonamides is 1. The van der Waals surface area contributed by atoms with Crippen LogP contribution in [0.15, 0.2) is 47.4 Å². The lowest BCUT2D eigenvalue weighted by molar-refractivity contribution is 0.600. The number of nitrogens with two attached hydrogens (primary N) is 1. The van der Waals surface area contributed by atoms with Crippen molar-refractivity contribution in [2.45, 2.75) is 24.8 Å². The van der Waals surface area contributed by atoms with Crippen LogP contribution in [0, 0.1) is 0 Å². The highest BCUT2D eigenvalue weighted by atomic mass is 35.5. The molecule has 0 unspecified atom stereocenters. The Balaban J connectivity index is 2.41. The van der Waals surface area contributed by atoms with Gasteiger partial charge in [-0.1, -0.05) is 30.7 Å². The summed E-state index contributed by atoms with van der Waals surface area (Å²) in [6.07, 6.45) is 0.627. The minimum atomic E-state index is -3.65. The zero-order valence-electron chi connectivity index (χ0n) is 11.6. The average molecular weight is 325 g/mol. The number of aryl methyl sites for hydroxylation is 1. The maximum Gasteiger partial charge on any atom is 0.262 e. The van der Waals surface area contributed by atoms with Gasteiger partial charge in [-0.15, -0.1) is 0 Å². The van der Waals surface area contributed by atoms with E-state index in [9.17, 15) is 8.42 Å². The monoisotopic (exact) mass is 324 g/mol. The summed E-state index contributed by atoms with van der Waals surface area (Å²) in [5.41, 5.74) is 7.60. The Hall–Kier alpha value is -1.56. The molecule has 0 aromatic heterocycles. The third-order valence-electron chi connectivity index (χ3n) is 3.13. The van der Waals surface area contributed by atoms with Gasteiger partial charge in [0.15, 0.2) is 0 Å². The molecule has 2 aromatic rings. The molecule has 0 saturated carbocycles. The molecule has 0 aliphatic heterocycles. The minimum Gasteiger partial charge on any atom is -0.326 e. The molecular formula is C15H17ClN2O2S. The molecule has 112 valence electrons. The second-order valence-corrected chi connectivity index (χ2v) is 6.70. The molecule has 0 atom stereocenters. The van der Waals surface area contributed by atoms with E-state index >= 15 is 0 Å². The molecule has 3 N–H and O–H groups in total. The molecule has 6 heteroatoms. The molecule has 4 nitrogen and oxygen atoms in total. The number of hydrogen-bond donors (Lipinski definition) is 2. The Morgan fingerprint density at radius 1 is 1.14 bits per heavy atom. The lowest BCUT2D eigenvalue weighted by Gasteiger charge is -2.13. The van der Waals surface area contributed by atoms with E-state index < -0.39 is 10.0 Å². The fourth-order valence-electron chi connectivity index (χ4n) is 2.00. The van der Waals surface area contributed by atoms with Gasteiger partial charge in [-0.05, 0) is 47.9 Å². The normalized spacial score (nSPS) is 11.4. The molecule has 0 fully saturated rings. The summed E-state index contributed by atoms with van der Waals surface area (Å²) >= 11 is 5.80. The van der Waals surface area contributed by atoms with Crippen LogP contribution in [0.25, 0.3) is 0 Å². The number of nitrogens with one attached hydrogen (secondary N) is 1. The highest BCUT2D eigenvalue weighted by Gasteiger charge is 2.18. The van der Waals surface area contributed by atoms with Crippen LogP contribution in [0.2, 0.25) is 5.02 Å². The molecule has 0 aliphatic carbocycles. The maximum absolute atomic E-state index is 12.5. The van der Waals surface area contributed by atoms with Crippen LogP contribution in [0.3, 0.4) is 0 Å². The number of halogens is 1. The molecule has 0 radical (unpaired) electrons. The Morgan fingerprint density at radius 3 is 2.38 bits per heavy atom. The third-order valence-corrected chi connectivity index (χ3v) is 4.85. The van der Waals surface area contributed by atoms with Gasteiger partial charge in [-0.25, -0.2) is 8.42 Å². The second-order valence-electron chi connectivity index (χ2n) is 4.61. The standard InChI is InChI=1S/C15H17ClN2O2S/c1-2-12-4-3-11(10-17)9-15(12)21(19,20)18-14-7-5-13(16)6-8-14/h3-9,18H,2,10,17H2,1H3. The first kappa shape index (κ1) is 15.8. The van der Waals surface area contributed by atoms with Gasteiger partial charge in [-0.3, -0.25) is 4.72 Å². The number of benzene rings is 2. The molecule has 0 bridgehead atoms. The van der Waals surface area contributed by atoms with Crippen LogP contribution in [0.5, 0.6) is 0 Å². The van der Waals surface area contributed by atoms with E-state index in [4.69, 9.17) is 17.3 Å². The van der Waals surface area contributed by atoms with Crippen LogP contribution < -0.4 is 10.5 Å². The van der Waals surface area contributed by atoms with E-state index in [1.165, 1.54) is 0 Å². The van der Waals surface area contributed by atoms with E-state index in [2.05, 4.69) is 4.72 Å². The molecule has 0 saturated heterocycles. The molecule has 2 rings (SSSR count). The summed E-state index contributed by atoms with van der Waals surface area (Å²) in [5, 5.41) is 0.553. The van der Waals surface area contributed by atoms with Crippen LogP contribution in [-0.4, -0.2) is 8.42 Å². The van der Waals surface area contributed by atoms with Gasteiger partial charge in [0.05, 0.1) is 4.90 Å². The lowest BCUT2D eigenvalue weighted by Crippen LogP contribution is -2.15. The van der Waals surface area contributed by atoms with E-state index in [0.29, 0.717) is 23.7 Å². The topological polar surface area (TPSA) is 72.2 Å². The summed E-state index contributed by atoms with van der Waals surface area (Å²) in [6.45, 7) is 2.21. The van der Waals surface area contributed by atoms with Crippen molar-refractivity contribution in [2.24, 2.45) is 5.73 Å². The molecule has 21 heavy (non-hydrogen) atoms. The Labute approximate surface area is 130 Å². The fourth-order valence-corrected chi connectivity index (χ4v) is 3.54. The first-order chi connectivity index (χ1) is 9.96. The second kappa shape index (κ2) is 6.47. The van der Waals surface area contributed by atoms with Crippen LogP contribution >= 0.6 is 11.6 Å². The quantitative estimate of drug-likeness (QED) is 0.887. The first-order valence-corrected chi connectivity index (χ1v) is 8.42. The summed E-state index contributed by atoms with van der Waals surface area (Å²) in [4.78, 5) is 0.267. The number of anilines is 1. The zero-order valence-corrected chi connectivity index (χ0v) is 13.2. The summed E-state index contributed by atoms with van der Waals surface area (Å²) in [5.74, 6) is 0. The van der Waals surface area contributed by atoms with Gasteiger partial charge in [0.25, 0.3) is 10.0 Å². The maximum atomic E-state index is 12.5. The van der Waals surface area contributed by atoms with Gasteiger partial charge in [-0.2, -0.15) is 0 Å². The average Bonchev–Trinajstić information content (AvgIpc) is 2.48. The molecular weight excluding hydrogens is 308 g/mol. The predicted octanol–water partition coefficient (Wildman–Crippen LogP) is 3.16. The van der Waals surface area contributed by atoms with E-state index in [1.807, 2.05) is 13.0 Å². The predicted molar refractivity (Wildman–Crippen MR) is 86.0 cm³/mol. The Morgan fingerprint density at radius 2 is 1.81 bits per heavy atom. The number of rotatable bonds is 5. The van der Waals surface area contributed by atoms with E-state index in [0.717, 1.165) is 11.1 Å². The van der Waals surface area contributed by atoms with Gasteiger partial charge in [0.1, 0.15) is 0 Å². The largest absolute Gasteiger partial charge is 0.326 e. The summed E-state index contributed by atoms with van der Waals surface area (Å²) in [7, 11) is -3.65. The third kappa shape index (κ3) is 3.75. The van der Waals surface area contributed by atoms with Crippen molar-refractivity contribution in [1.82, 2.24) is 0 Å². The zero-order chi connectivity index (χ0) is 15.5. The SMILES string of the molecule is CCc1ccc(CN)cc1S(=O)(=O)Nc1ccc(Cl)cc1. The Bertz CT molecular complexity index is 728. The molecule has 0 amide bonds. The van der Waals surface area contributed by atoms with Crippen molar-refractivity contribution in [2.75, 3.05) is 4.72 Å². The van der Waals surface area contributed by atoms with Crippen molar-refractivity contribution < 1.29 is 8.42 Å². The molecule has 0 heterocycles. The van der Waals surface area contributed by atoms with E-state index in [1.54, 1.807) is 36.4 Å².